The van der Waals surface area contributed by atoms with Crippen LogP contribution < -0.4 is 5.32 Å². The number of hydrogen-bond donors (Lipinski definition) is 1. The molecule has 0 bridgehead atoms. The largest absolute Gasteiger partial charge is 0.434 e. The molecule has 130 valence electrons. The Morgan fingerprint density at radius 3 is 2.85 bits per heavy atom. The van der Waals surface area contributed by atoms with Crippen molar-refractivity contribution in [3.8, 4) is 0 Å². The maximum Gasteiger partial charge on any atom is 0.434 e. The highest BCUT2D eigenvalue weighted by atomic mass is 16.6. The first-order valence-electron chi connectivity index (χ1n) is 8.40. The maximum absolute atomic E-state index is 10.9. The van der Waals surface area contributed by atoms with Gasteiger partial charge in [-0.05, 0) is 35.6 Å². The third-order valence-electron chi connectivity index (χ3n) is 4.31. The average Bonchev–Trinajstić information content (AvgIpc) is 3.12. The molecule has 0 aliphatic carbocycles. The van der Waals surface area contributed by atoms with Crippen molar-refractivity contribution >= 4 is 33.4 Å². The zero-order chi connectivity index (χ0) is 17.9. The summed E-state index contributed by atoms with van der Waals surface area (Å²) in [5.74, 6) is -0.120. The van der Waals surface area contributed by atoms with Crippen molar-refractivity contribution in [2.45, 2.75) is 13.0 Å². The Bertz CT molecular complexity index is 1090. The molecule has 1 N–H and O–H groups in total. The lowest BCUT2D eigenvalue weighted by atomic mass is 10.1. The number of fused-ring (bicyclic) bond motifs is 2. The van der Waals surface area contributed by atoms with Crippen LogP contribution >= 0.6 is 0 Å². The second-order valence-corrected chi connectivity index (χ2v) is 6.01. The van der Waals surface area contributed by atoms with Crippen molar-refractivity contribution in [1.29, 1.82) is 0 Å². The Labute approximate surface area is 149 Å². The lowest BCUT2D eigenvalue weighted by molar-refractivity contribution is -0.396. The normalized spacial score (nSPS) is 11.1. The molecule has 0 fully saturated rings. The summed E-state index contributed by atoms with van der Waals surface area (Å²) >= 11 is 0. The van der Waals surface area contributed by atoms with E-state index >= 15 is 0 Å². The van der Waals surface area contributed by atoms with Gasteiger partial charge in [0, 0.05) is 23.0 Å². The van der Waals surface area contributed by atoms with E-state index in [0.29, 0.717) is 13.1 Å². The van der Waals surface area contributed by atoms with E-state index in [2.05, 4.69) is 22.4 Å². The molecule has 7 heteroatoms. The summed E-state index contributed by atoms with van der Waals surface area (Å²) in [6, 6.07) is 16.2. The molecule has 4 rings (SSSR count). The van der Waals surface area contributed by atoms with Crippen LogP contribution in [0.1, 0.15) is 6.42 Å². The average molecular weight is 347 g/mol. The quantitative estimate of drug-likeness (QED) is 0.247. The van der Waals surface area contributed by atoms with Gasteiger partial charge in [0.1, 0.15) is 12.4 Å². The van der Waals surface area contributed by atoms with Gasteiger partial charge < -0.3 is 15.4 Å². The number of hydrogen-bond acceptors (Lipinski definition) is 5. The zero-order valence-electron chi connectivity index (χ0n) is 14.0. The molecule has 4 aromatic rings. The Hall–Kier alpha value is -3.48. The van der Waals surface area contributed by atoms with Crippen LogP contribution in [0.3, 0.4) is 0 Å². The predicted octanol–water partition coefficient (Wildman–Crippen LogP) is 3.99. The van der Waals surface area contributed by atoms with Gasteiger partial charge in [0.15, 0.2) is 0 Å². The molecule has 7 nitrogen and oxygen atoms in total. The first kappa shape index (κ1) is 16.0. The number of para-hydroxylation sites is 1. The van der Waals surface area contributed by atoms with Crippen molar-refractivity contribution in [3.63, 3.8) is 0 Å². The second kappa shape index (κ2) is 6.79. The maximum atomic E-state index is 10.9. The first-order valence-corrected chi connectivity index (χ1v) is 8.40. The molecule has 0 saturated heterocycles. The van der Waals surface area contributed by atoms with Gasteiger partial charge in [-0.1, -0.05) is 29.2 Å². The van der Waals surface area contributed by atoms with Gasteiger partial charge in [-0.15, -0.1) is 0 Å². The molecular weight excluding hydrogens is 330 g/mol. The number of nitrogens with one attached hydrogen (secondary N) is 1. The topological polar surface area (TPSA) is 85.9 Å². The number of rotatable bonds is 6. The summed E-state index contributed by atoms with van der Waals surface area (Å²) in [6.07, 6.45) is 3.83. The van der Waals surface area contributed by atoms with E-state index in [1.165, 1.54) is 6.20 Å². The lowest BCUT2D eigenvalue weighted by Crippen LogP contribution is -2.08. The van der Waals surface area contributed by atoms with Gasteiger partial charge in [0.25, 0.3) is 0 Å². The third kappa shape index (κ3) is 3.06. The van der Waals surface area contributed by atoms with E-state index in [4.69, 9.17) is 4.98 Å². The minimum absolute atomic E-state index is 0.120. The summed E-state index contributed by atoms with van der Waals surface area (Å²) < 4.78 is 1.56. The van der Waals surface area contributed by atoms with Gasteiger partial charge in [-0.2, -0.15) is 0 Å². The molecule has 2 aromatic heterocycles. The molecule has 0 radical (unpaired) electrons. The van der Waals surface area contributed by atoms with E-state index in [1.807, 2.05) is 36.4 Å². The monoisotopic (exact) mass is 347 g/mol. The molecular formula is C19H17N5O2. The van der Waals surface area contributed by atoms with Crippen molar-refractivity contribution in [1.82, 2.24) is 14.5 Å². The fourth-order valence-corrected chi connectivity index (χ4v) is 3.07. The van der Waals surface area contributed by atoms with Crippen LogP contribution in [0.15, 0.2) is 60.9 Å². The van der Waals surface area contributed by atoms with Gasteiger partial charge >= 0.3 is 5.95 Å². The number of imidazole rings is 1. The summed E-state index contributed by atoms with van der Waals surface area (Å²) in [7, 11) is 0. The van der Waals surface area contributed by atoms with E-state index in [0.717, 1.165) is 33.9 Å². The summed E-state index contributed by atoms with van der Waals surface area (Å²) in [5.41, 5.74) is 2.93. The van der Waals surface area contributed by atoms with Gasteiger partial charge in [-0.25, -0.2) is 9.55 Å². The van der Waals surface area contributed by atoms with E-state index < -0.39 is 4.92 Å². The Kier molecular flexibility index (Phi) is 4.18. The fourth-order valence-electron chi connectivity index (χ4n) is 3.07. The smallest absolute Gasteiger partial charge is 0.390 e. The summed E-state index contributed by atoms with van der Waals surface area (Å²) in [6.45, 7) is 1.23. The minimum Gasteiger partial charge on any atom is -0.390 e. The molecule has 0 saturated carbocycles. The van der Waals surface area contributed by atoms with E-state index in [-0.39, 0.29) is 5.95 Å². The van der Waals surface area contributed by atoms with Crippen molar-refractivity contribution in [2.24, 2.45) is 0 Å². The highest BCUT2D eigenvalue weighted by Gasteiger charge is 2.13. The number of pyridine rings is 1. The van der Waals surface area contributed by atoms with Crippen LogP contribution in [-0.4, -0.2) is 26.0 Å². The number of nitrogens with zero attached hydrogens (tertiary/aromatic N) is 4. The van der Waals surface area contributed by atoms with Crippen LogP contribution in [-0.2, 0) is 6.54 Å². The Morgan fingerprint density at radius 1 is 1.12 bits per heavy atom. The van der Waals surface area contributed by atoms with Gasteiger partial charge in [-0.3, -0.25) is 0 Å². The van der Waals surface area contributed by atoms with Crippen LogP contribution in [0.5, 0.6) is 0 Å². The molecule has 2 aromatic carbocycles. The van der Waals surface area contributed by atoms with E-state index in [9.17, 15) is 10.1 Å². The van der Waals surface area contributed by atoms with Gasteiger partial charge in [0.2, 0.25) is 0 Å². The molecule has 0 unspecified atom stereocenters. The molecule has 0 atom stereocenters. The Balaban J connectivity index is 1.49. The summed E-state index contributed by atoms with van der Waals surface area (Å²) in [5, 5.41) is 16.5. The highest BCUT2D eigenvalue weighted by Crippen LogP contribution is 2.26. The fraction of sp³-hybridized carbons (Fsp3) is 0.158. The standard InChI is InChI=1S/C19H17N5O2/c25-24(26)19-21-10-12-23(19)11-4-9-20-17-7-3-8-18-15(17)13-14-5-1-2-6-16(14)22-18/h1-3,5-8,10,12-13,20H,4,9,11H2. The highest BCUT2D eigenvalue weighted by molar-refractivity contribution is 5.99. The zero-order valence-corrected chi connectivity index (χ0v) is 14.0. The van der Waals surface area contributed by atoms with E-state index in [1.54, 1.807) is 10.8 Å². The van der Waals surface area contributed by atoms with Crippen molar-refractivity contribution in [2.75, 3.05) is 11.9 Å². The summed E-state index contributed by atoms with van der Waals surface area (Å²) in [4.78, 5) is 18.9. The number of nitro groups is 1. The predicted molar refractivity (Wildman–Crippen MR) is 101 cm³/mol. The number of aromatic nitrogens is 3. The van der Waals surface area contributed by atoms with Gasteiger partial charge in [0.05, 0.1) is 17.6 Å². The van der Waals surface area contributed by atoms with Crippen LogP contribution in [0, 0.1) is 10.1 Å². The molecule has 0 spiro atoms. The molecule has 0 aliphatic heterocycles. The Morgan fingerprint density at radius 2 is 1.96 bits per heavy atom. The number of anilines is 1. The number of benzene rings is 2. The second-order valence-electron chi connectivity index (χ2n) is 6.01. The SMILES string of the molecule is O=[N+]([O-])c1nccn1CCCNc1cccc2nc3ccccc3cc12. The van der Waals surface area contributed by atoms with Crippen LogP contribution in [0.25, 0.3) is 21.8 Å². The minimum atomic E-state index is -0.463. The van der Waals surface area contributed by atoms with Crippen molar-refractivity contribution < 1.29 is 4.92 Å². The molecule has 2 heterocycles. The first-order chi connectivity index (χ1) is 12.7. The van der Waals surface area contributed by atoms with Crippen molar-refractivity contribution in [3.05, 3.63) is 71.0 Å². The lowest BCUT2D eigenvalue weighted by Gasteiger charge is -2.10. The van der Waals surface area contributed by atoms with Crippen LogP contribution in [0.4, 0.5) is 11.6 Å². The third-order valence-corrected chi connectivity index (χ3v) is 4.31. The van der Waals surface area contributed by atoms with Crippen LogP contribution in [0.2, 0.25) is 0 Å². The molecule has 0 aliphatic rings. The number of aryl methyl sites for hydroxylation is 1. The molecule has 0 amide bonds. The molecule has 26 heavy (non-hydrogen) atoms.